The van der Waals surface area contributed by atoms with Gasteiger partial charge in [-0.3, -0.25) is 9.01 Å². The van der Waals surface area contributed by atoms with E-state index in [1.807, 2.05) is 25.1 Å². The molecule has 0 amide bonds. The van der Waals surface area contributed by atoms with Crippen molar-refractivity contribution in [3.8, 4) is 0 Å². The van der Waals surface area contributed by atoms with E-state index >= 15 is 0 Å². The second kappa shape index (κ2) is 6.16. The average Bonchev–Trinajstić information content (AvgIpc) is 2.25. The van der Waals surface area contributed by atoms with Crippen LogP contribution in [0, 0.1) is 0 Å². The molecule has 7 heteroatoms. The fourth-order valence-electron chi connectivity index (χ4n) is 1.53. The summed E-state index contributed by atoms with van der Waals surface area (Å²) in [6.07, 6.45) is 1.60. The standard InChI is InChI=1S/C14H28N4OSSi/c1-14(2,3)21(6,7)17-20(15,19)13-9-8-12(16-10-13)11-18(4)5/h8-10H,11H2,1-7H3,(H2,15,17,19). The first-order valence-corrected chi connectivity index (χ1v) is 11.5. The molecule has 1 unspecified atom stereocenters. The first-order chi connectivity index (χ1) is 9.35. The summed E-state index contributed by atoms with van der Waals surface area (Å²) in [6, 6.07) is 3.65. The smallest absolute Gasteiger partial charge is 0.195 e. The Morgan fingerprint density at radius 3 is 2.29 bits per heavy atom. The van der Waals surface area contributed by atoms with Crippen LogP contribution < -0.4 is 5.14 Å². The highest BCUT2D eigenvalue weighted by Crippen LogP contribution is 2.37. The van der Waals surface area contributed by atoms with Crippen molar-refractivity contribution in [3.05, 3.63) is 24.0 Å². The Morgan fingerprint density at radius 2 is 1.90 bits per heavy atom. The van der Waals surface area contributed by atoms with Gasteiger partial charge in [0.25, 0.3) is 0 Å². The van der Waals surface area contributed by atoms with Gasteiger partial charge >= 0.3 is 0 Å². The van der Waals surface area contributed by atoms with E-state index in [9.17, 15) is 4.21 Å². The van der Waals surface area contributed by atoms with Gasteiger partial charge in [-0.1, -0.05) is 20.8 Å². The molecule has 0 fully saturated rings. The lowest BCUT2D eigenvalue weighted by Crippen LogP contribution is -2.37. The van der Waals surface area contributed by atoms with Gasteiger partial charge in [0.2, 0.25) is 0 Å². The number of nitrogens with zero attached hydrogens (tertiary/aromatic N) is 3. The first kappa shape index (κ1) is 18.3. The molecule has 0 aliphatic rings. The van der Waals surface area contributed by atoms with E-state index in [2.05, 4.69) is 42.9 Å². The molecule has 0 aliphatic carbocycles. The Balaban J connectivity index is 3.17. The van der Waals surface area contributed by atoms with E-state index < -0.39 is 18.2 Å². The van der Waals surface area contributed by atoms with Gasteiger partial charge in [0.15, 0.2) is 8.24 Å². The molecule has 1 aromatic heterocycles. The van der Waals surface area contributed by atoms with Crippen LogP contribution in [0.4, 0.5) is 0 Å². The minimum atomic E-state index is -2.89. The molecule has 0 aliphatic heterocycles. The molecule has 0 bridgehead atoms. The predicted molar refractivity (Wildman–Crippen MR) is 91.8 cm³/mol. The van der Waals surface area contributed by atoms with Crippen LogP contribution in [0.1, 0.15) is 26.5 Å². The van der Waals surface area contributed by atoms with Crippen LogP contribution in [0.2, 0.25) is 18.1 Å². The molecule has 1 heterocycles. The van der Waals surface area contributed by atoms with Gasteiger partial charge in [0.05, 0.1) is 10.6 Å². The SMILES string of the molecule is CN(C)Cc1ccc(S(N)(=O)=N[Si](C)(C)C(C)(C)C)cn1. The van der Waals surface area contributed by atoms with Gasteiger partial charge in [0, 0.05) is 12.7 Å². The number of rotatable bonds is 4. The molecule has 5 nitrogen and oxygen atoms in total. The number of hydrogen-bond acceptors (Lipinski definition) is 4. The van der Waals surface area contributed by atoms with Crippen molar-refractivity contribution in [3.63, 3.8) is 0 Å². The lowest BCUT2D eigenvalue weighted by Gasteiger charge is -2.32. The zero-order valence-electron chi connectivity index (χ0n) is 14.2. The zero-order chi connectivity index (χ0) is 16.5. The van der Waals surface area contributed by atoms with Crippen molar-refractivity contribution >= 4 is 18.2 Å². The summed E-state index contributed by atoms with van der Waals surface area (Å²) in [7, 11) is -0.999. The second-order valence-electron chi connectivity index (χ2n) is 7.19. The molecule has 1 rings (SSSR count). The van der Waals surface area contributed by atoms with Crippen LogP contribution in [-0.4, -0.2) is 36.4 Å². The first-order valence-electron chi connectivity index (χ1n) is 7.01. The van der Waals surface area contributed by atoms with Crippen LogP contribution in [-0.2, 0) is 16.5 Å². The Bertz CT molecular complexity index is 596. The summed E-state index contributed by atoms with van der Waals surface area (Å²) in [4.78, 5) is 6.87. The van der Waals surface area contributed by atoms with E-state index in [0.29, 0.717) is 4.90 Å². The molecule has 2 N–H and O–H groups in total. The topological polar surface area (TPSA) is 71.6 Å². The van der Waals surface area contributed by atoms with Crippen molar-refractivity contribution < 1.29 is 4.21 Å². The Kier molecular flexibility index (Phi) is 5.36. The van der Waals surface area contributed by atoms with Crippen LogP contribution in [0.25, 0.3) is 0 Å². The maximum Gasteiger partial charge on any atom is 0.195 e. The Hall–Kier alpha value is -0.763. The molecule has 1 aromatic rings. The minimum Gasteiger partial charge on any atom is -0.304 e. The van der Waals surface area contributed by atoms with Crippen LogP contribution in [0.3, 0.4) is 0 Å². The molecule has 0 aromatic carbocycles. The maximum absolute atomic E-state index is 12.8. The summed E-state index contributed by atoms with van der Waals surface area (Å²) in [5.41, 5.74) is 0.922. The van der Waals surface area contributed by atoms with Crippen LogP contribution in [0.5, 0.6) is 0 Å². The molecule has 0 spiro atoms. The highest BCUT2D eigenvalue weighted by atomic mass is 32.2. The summed E-state index contributed by atoms with van der Waals surface area (Å²) >= 11 is 0. The molecule has 0 radical (unpaired) electrons. The van der Waals surface area contributed by atoms with E-state index in [1.165, 1.54) is 0 Å². The number of aromatic nitrogens is 1. The monoisotopic (exact) mass is 328 g/mol. The molecule has 0 saturated heterocycles. The quantitative estimate of drug-likeness (QED) is 0.864. The predicted octanol–water partition coefficient (Wildman–Crippen LogP) is 2.85. The van der Waals surface area contributed by atoms with Gasteiger partial charge in [0.1, 0.15) is 9.92 Å². The third-order valence-corrected chi connectivity index (χ3v) is 11.3. The van der Waals surface area contributed by atoms with E-state index in [-0.39, 0.29) is 5.04 Å². The van der Waals surface area contributed by atoms with E-state index in [0.717, 1.165) is 12.2 Å². The van der Waals surface area contributed by atoms with Crippen molar-refractivity contribution in [2.75, 3.05) is 14.1 Å². The third kappa shape index (κ3) is 4.88. The molecule has 1 atom stereocenters. The Labute approximate surface area is 130 Å². The Morgan fingerprint density at radius 1 is 1.33 bits per heavy atom. The molecule has 0 saturated carbocycles. The maximum atomic E-state index is 12.8. The normalized spacial score (nSPS) is 15.9. The number of nitrogens with two attached hydrogens (primary N) is 1. The van der Waals surface area contributed by atoms with Gasteiger partial charge < -0.3 is 4.90 Å². The highest BCUT2D eigenvalue weighted by molar-refractivity contribution is 7.92. The summed E-state index contributed by atoms with van der Waals surface area (Å²) in [5.74, 6) is 0. The molecular formula is C14H28N4OSSi. The van der Waals surface area contributed by atoms with Crippen molar-refractivity contribution in [1.29, 1.82) is 0 Å². The van der Waals surface area contributed by atoms with Gasteiger partial charge in [-0.15, -0.1) is 0 Å². The zero-order valence-corrected chi connectivity index (χ0v) is 16.0. The average molecular weight is 329 g/mol. The van der Waals surface area contributed by atoms with E-state index in [4.69, 9.17) is 5.14 Å². The summed E-state index contributed by atoms with van der Waals surface area (Å²) in [6.45, 7) is 11.3. The van der Waals surface area contributed by atoms with E-state index in [1.54, 1.807) is 12.3 Å². The van der Waals surface area contributed by atoms with Crippen LogP contribution in [0.15, 0.2) is 27.3 Å². The van der Waals surface area contributed by atoms with Crippen molar-refractivity contribution in [2.45, 2.75) is 50.3 Å². The fraction of sp³-hybridized carbons (Fsp3) is 0.643. The molecule has 21 heavy (non-hydrogen) atoms. The van der Waals surface area contributed by atoms with Crippen LogP contribution >= 0.6 is 0 Å². The largest absolute Gasteiger partial charge is 0.304 e. The summed E-state index contributed by atoms with van der Waals surface area (Å²) < 4.78 is 17.3. The number of pyridine rings is 1. The summed E-state index contributed by atoms with van der Waals surface area (Å²) in [5, 5.41) is 6.02. The second-order valence-corrected chi connectivity index (χ2v) is 14.1. The third-order valence-electron chi connectivity index (χ3n) is 3.81. The lowest BCUT2D eigenvalue weighted by molar-refractivity contribution is 0.396. The van der Waals surface area contributed by atoms with Crippen molar-refractivity contribution in [2.24, 2.45) is 9.17 Å². The molecular weight excluding hydrogens is 300 g/mol. The lowest BCUT2D eigenvalue weighted by atomic mass is 10.2. The highest BCUT2D eigenvalue weighted by Gasteiger charge is 2.37. The van der Waals surface area contributed by atoms with Gasteiger partial charge in [-0.25, -0.2) is 9.35 Å². The van der Waals surface area contributed by atoms with Gasteiger partial charge in [-0.2, -0.15) is 0 Å². The van der Waals surface area contributed by atoms with Gasteiger partial charge in [-0.05, 0) is 44.4 Å². The minimum absolute atomic E-state index is 0.00726. The van der Waals surface area contributed by atoms with Crippen molar-refractivity contribution in [1.82, 2.24) is 9.88 Å². The molecule has 120 valence electrons. The number of hydrogen-bond donors (Lipinski definition) is 1. The fourth-order valence-corrected chi connectivity index (χ4v) is 6.23.